The van der Waals surface area contributed by atoms with Crippen molar-refractivity contribution in [3.05, 3.63) is 32.5 Å². The third-order valence-electron chi connectivity index (χ3n) is 3.36. The molecule has 0 amide bonds. The minimum atomic E-state index is -0.0109. The molecule has 0 unspecified atom stereocenters. The maximum Gasteiger partial charge on any atom is 0.254 e. The summed E-state index contributed by atoms with van der Waals surface area (Å²) in [6, 6.07) is 0. The van der Waals surface area contributed by atoms with E-state index < -0.39 is 0 Å². The number of thioether (sulfide) groups is 1. The van der Waals surface area contributed by atoms with E-state index in [2.05, 4.69) is 20.3 Å². The summed E-state index contributed by atoms with van der Waals surface area (Å²) in [5, 5.41) is 8.84. The summed E-state index contributed by atoms with van der Waals surface area (Å²) in [6.45, 7) is 2.69. The Kier molecular flexibility index (Phi) is 3.80. The second-order valence-electron chi connectivity index (χ2n) is 4.58. The molecule has 0 bridgehead atoms. The van der Waals surface area contributed by atoms with Gasteiger partial charge in [0, 0.05) is 17.9 Å². The summed E-state index contributed by atoms with van der Waals surface area (Å²) >= 11 is 7.46. The van der Waals surface area contributed by atoms with E-state index in [-0.39, 0.29) is 5.56 Å². The standard InChI is InChI=1S/C12H14ClN5OS/c1-2-18-9(10(13)16-17-18)6-20-12-14-8-5-3-4-7(8)11(19)15-12/h2-6H2,1H3,(H,14,15,19). The zero-order chi connectivity index (χ0) is 14.1. The van der Waals surface area contributed by atoms with Gasteiger partial charge in [0.1, 0.15) is 0 Å². The fourth-order valence-electron chi connectivity index (χ4n) is 2.32. The number of aryl methyl sites for hydroxylation is 2. The monoisotopic (exact) mass is 311 g/mol. The van der Waals surface area contributed by atoms with E-state index in [1.165, 1.54) is 11.8 Å². The number of aromatic amines is 1. The van der Waals surface area contributed by atoms with Gasteiger partial charge in [-0.1, -0.05) is 28.6 Å². The molecule has 0 fully saturated rings. The molecule has 1 N–H and O–H groups in total. The first-order valence-corrected chi connectivity index (χ1v) is 7.88. The highest BCUT2D eigenvalue weighted by Crippen LogP contribution is 2.24. The highest BCUT2D eigenvalue weighted by Gasteiger charge is 2.18. The second kappa shape index (κ2) is 5.57. The van der Waals surface area contributed by atoms with Crippen LogP contribution in [0.5, 0.6) is 0 Å². The van der Waals surface area contributed by atoms with E-state index in [4.69, 9.17) is 11.6 Å². The Morgan fingerprint density at radius 2 is 2.30 bits per heavy atom. The van der Waals surface area contributed by atoms with Crippen LogP contribution in [0.3, 0.4) is 0 Å². The maximum absolute atomic E-state index is 11.9. The first kappa shape index (κ1) is 13.6. The van der Waals surface area contributed by atoms with Gasteiger partial charge in [0.05, 0.1) is 11.4 Å². The van der Waals surface area contributed by atoms with E-state index in [0.717, 1.165) is 36.2 Å². The molecule has 6 nitrogen and oxygen atoms in total. The molecule has 0 aromatic carbocycles. The molecule has 2 heterocycles. The number of halogens is 1. The van der Waals surface area contributed by atoms with Crippen molar-refractivity contribution in [2.24, 2.45) is 0 Å². The fourth-order valence-corrected chi connectivity index (χ4v) is 3.50. The highest BCUT2D eigenvalue weighted by molar-refractivity contribution is 7.98. The van der Waals surface area contributed by atoms with E-state index in [1.54, 1.807) is 4.68 Å². The zero-order valence-electron chi connectivity index (χ0n) is 11.0. The number of fused-ring (bicyclic) bond motifs is 1. The molecule has 0 radical (unpaired) electrons. The topological polar surface area (TPSA) is 76.5 Å². The van der Waals surface area contributed by atoms with Crippen LogP contribution < -0.4 is 5.56 Å². The number of rotatable bonds is 4. The molecule has 2 aromatic rings. The lowest BCUT2D eigenvalue weighted by Crippen LogP contribution is -2.15. The fraction of sp³-hybridized carbons (Fsp3) is 0.500. The Labute approximate surface area is 124 Å². The average molecular weight is 312 g/mol. The van der Waals surface area contributed by atoms with Crippen molar-refractivity contribution < 1.29 is 0 Å². The number of hydrogen-bond acceptors (Lipinski definition) is 5. The molecule has 0 atom stereocenters. The molecule has 2 aromatic heterocycles. The predicted octanol–water partition coefficient (Wildman–Crippen LogP) is 1.82. The molecule has 0 saturated carbocycles. The Morgan fingerprint density at radius 1 is 1.45 bits per heavy atom. The number of aromatic nitrogens is 5. The van der Waals surface area contributed by atoms with Gasteiger partial charge in [-0.05, 0) is 26.2 Å². The van der Waals surface area contributed by atoms with Gasteiger partial charge in [0.25, 0.3) is 5.56 Å². The maximum atomic E-state index is 11.9. The first-order chi connectivity index (χ1) is 9.69. The van der Waals surface area contributed by atoms with Crippen LogP contribution in [-0.2, 0) is 25.1 Å². The van der Waals surface area contributed by atoms with Crippen LogP contribution in [0.4, 0.5) is 0 Å². The Morgan fingerprint density at radius 3 is 3.10 bits per heavy atom. The van der Waals surface area contributed by atoms with E-state index >= 15 is 0 Å². The van der Waals surface area contributed by atoms with Crippen molar-refractivity contribution in [3.8, 4) is 0 Å². The van der Waals surface area contributed by atoms with Gasteiger partial charge in [-0.3, -0.25) is 4.79 Å². The zero-order valence-corrected chi connectivity index (χ0v) is 12.6. The summed E-state index contributed by atoms with van der Waals surface area (Å²) in [5.41, 5.74) is 2.61. The SMILES string of the molecule is CCn1nnc(Cl)c1CSc1nc2c(c(=O)[nH]1)CCC2. The molecule has 0 spiro atoms. The third-order valence-corrected chi connectivity index (χ3v) is 4.53. The van der Waals surface area contributed by atoms with Gasteiger partial charge >= 0.3 is 0 Å². The van der Waals surface area contributed by atoms with Crippen LogP contribution in [0.25, 0.3) is 0 Å². The summed E-state index contributed by atoms with van der Waals surface area (Å²) in [4.78, 5) is 19.3. The Hall–Kier alpha value is -1.34. The molecule has 0 aliphatic heterocycles. The highest BCUT2D eigenvalue weighted by atomic mass is 35.5. The van der Waals surface area contributed by atoms with Gasteiger partial charge in [0.15, 0.2) is 10.3 Å². The van der Waals surface area contributed by atoms with Crippen LogP contribution in [-0.4, -0.2) is 25.0 Å². The van der Waals surface area contributed by atoms with Crippen LogP contribution >= 0.6 is 23.4 Å². The van der Waals surface area contributed by atoms with E-state index in [9.17, 15) is 4.79 Å². The molecule has 1 aliphatic carbocycles. The normalized spacial score (nSPS) is 13.7. The van der Waals surface area contributed by atoms with Gasteiger partial charge in [-0.15, -0.1) is 5.10 Å². The largest absolute Gasteiger partial charge is 0.301 e. The third kappa shape index (κ3) is 2.47. The lowest BCUT2D eigenvalue weighted by Gasteiger charge is -2.05. The minimum Gasteiger partial charge on any atom is -0.301 e. The first-order valence-electron chi connectivity index (χ1n) is 6.51. The molecule has 1 aliphatic rings. The molecular weight excluding hydrogens is 298 g/mol. The summed E-state index contributed by atoms with van der Waals surface area (Å²) in [6.07, 6.45) is 2.74. The number of H-pyrrole nitrogens is 1. The van der Waals surface area contributed by atoms with Gasteiger partial charge in [-0.25, -0.2) is 9.67 Å². The molecular formula is C12H14ClN5OS. The van der Waals surface area contributed by atoms with Crippen LogP contribution in [0, 0.1) is 0 Å². The van der Waals surface area contributed by atoms with Crippen LogP contribution in [0.1, 0.15) is 30.3 Å². The average Bonchev–Trinajstić information content (AvgIpc) is 3.03. The number of nitrogens with zero attached hydrogens (tertiary/aromatic N) is 4. The Bertz CT molecular complexity index is 696. The molecule has 106 valence electrons. The molecule has 3 rings (SSSR count). The van der Waals surface area contributed by atoms with E-state index in [1.807, 2.05) is 6.92 Å². The summed E-state index contributed by atoms with van der Waals surface area (Å²) < 4.78 is 1.75. The van der Waals surface area contributed by atoms with E-state index in [0.29, 0.717) is 22.6 Å². The van der Waals surface area contributed by atoms with Crippen molar-refractivity contribution in [2.45, 2.75) is 43.6 Å². The second-order valence-corrected chi connectivity index (χ2v) is 5.90. The van der Waals surface area contributed by atoms with Crippen molar-refractivity contribution >= 4 is 23.4 Å². The van der Waals surface area contributed by atoms with Gasteiger partial charge in [-0.2, -0.15) is 0 Å². The molecule has 0 saturated heterocycles. The summed E-state index contributed by atoms with van der Waals surface area (Å²) in [7, 11) is 0. The van der Waals surface area contributed by atoms with Crippen molar-refractivity contribution in [3.63, 3.8) is 0 Å². The number of nitrogens with one attached hydrogen (secondary N) is 1. The molecule has 20 heavy (non-hydrogen) atoms. The van der Waals surface area contributed by atoms with Gasteiger partial charge in [0.2, 0.25) is 0 Å². The van der Waals surface area contributed by atoms with Gasteiger partial charge < -0.3 is 4.98 Å². The lowest BCUT2D eigenvalue weighted by molar-refractivity contribution is 0.609. The minimum absolute atomic E-state index is 0.0109. The van der Waals surface area contributed by atoms with Crippen LogP contribution in [0.2, 0.25) is 5.15 Å². The van der Waals surface area contributed by atoms with Crippen molar-refractivity contribution in [1.29, 1.82) is 0 Å². The van der Waals surface area contributed by atoms with Crippen molar-refractivity contribution in [2.75, 3.05) is 0 Å². The predicted molar refractivity (Wildman–Crippen MR) is 77.1 cm³/mol. The lowest BCUT2D eigenvalue weighted by atomic mass is 10.3. The smallest absolute Gasteiger partial charge is 0.254 e. The quantitative estimate of drug-likeness (QED) is 0.688. The van der Waals surface area contributed by atoms with Crippen molar-refractivity contribution in [1.82, 2.24) is 25.0 Å². The summed E-state index contributed by atoms with van der Waals surface area (Å²) in [5.74, 6) is 0.585. The molecule has 8 heteroatoms. The Balaban J connectivity index is 1.81. The van der Waals surface area contributed by atoms with Crippen LogP contribution in [0.15, 0.2) is 9.95 Å². The number of hydrogen-bond donors (Lipinski definition) is 1.